The Balaban J connectivity index is 2.14. The van der Waals surface area contributed by atoms with Crippen LogP contribution in [0.3, 0.4) is 0 Å². The van der Waals surface area contributed by atoms with Crippen LogP contribution in [0.25, 0.3) is 0 Å². The first kappa shape index (κ1) is 14.2. The van der Waals surface area contributed by atoms with E-state index in [4.69, 9.17) is 15.2 Å². The fraction of sp³-hybridized carbons (Fsp3) is 0.600. The highest BCUT2D eigenvalue weighted by Crippen LogP contribution is 2.25. The highest BCUT2D eigenvalue weighted by atomic mass is 16.5. The van der Waals surface area contributed by atoms with E-state index in [1.807, 2.05) is 25.1 Å². The molecule has 1 aromatic carbocycles. The molecular weight excluding hydrogens is 240 g/mol. The Kier molecular flexibility index (Phi) is 4.66. The monoisotopic (exact) mass is 264 g/mol. The second kappa shape index (κ2) is 6.26. The van der Waals surface area contributed by atoms with Crippen molar-refractivity contribution in [2.45, 2.75) is 39.5 Å². The first-order chi connectivity index (χ1) is 9.10. The van der Waals surface area contributed by atoms with Gasteiger partial charge >= 0.3 is 0 Å². The molecule has 2 atom stereocenters. The Hall–Kier alpha value is -1.26. The molecule has 4 nitrogen and oxygen atoms in total. The molecule has 0 spiro atoms. The first-order valence-electron chi connectivity index (χ1n) is 6.97. The maximum Gasteiger partial charge on any atom is 0.123 e. The number of morpholine rings is 1. The number of hydrogen-bond acceptors (Lipinski definition) is 4. The largest absolute Gasteiger partial charge is 0.494 e. The molecule has 1 fully saturated rings. The van der Waals surface area contributed by atoms with Gasteiger partial charge in [0.25, 0.3) is 0 Å². The maximum absolute atomic E-state index is 5.89. The molecule has 0 radical (unpaired) electrons. The number of nitrogen functional groups attached to an aromatic ring is 1. The summed E-state index contributed by atoms with van der Waals surface area (Å²) in [6.07, 6.45) is 0.285. The molecule has 19 heavy (non-hydrogen) atoms. The van der Waals surface area contributed by atoms with Crippen LogP contribution in [0.2, 0.25) is 0 Å². The maximum atomic E-state index is 5.89. The van der Waals surface area contributed by atoms with Gasteiger partial charge < -0.3 is 15.2 Å². The summed E-state index contributed by atoms with van der Waals surface area (Å²) in [7, 11) is 0. The number of hydrogen-bond donors (Lipinski definition) is 1. The average Bonchev–Trinajstić information content (AvgIpc) is 2.37. The fourth-order valence-corrected chi connectivity index (χ4v) is 2.43. The van der Waals surface area contributed by atoms with Crippen LogP contribution in [-0.2, 0) is 11.3 Å². The highest BCUT2D eigenvalue weighted by molar-refractivity contribution is 5.47. The number of nitrogens with two attached hydrogens (primary N) is 1. The summed E-state index contributed by atoms with van der Waals surface area (Å²) >= 11 is 0. The summed E-state index contributed by atoms with van der Waals surface area (Å²) in [5.74, 6) is 0.933. The smallest absolute Gasteiger partial charge is 0.123 e. The van der Waals surface area contributed by atoms with Crippen molar-refractivity contribution in [1.29, 1.82) is 0 Å². The van der Waals surface area contributed by atoms with Crippen molar-refractivity contribution in [2.24, 2.45) is 0 Å². The van der Waals surface area contributed by atoms with E-state index in [-0.39, 0.29) is 6.10 Å². The van der Waals surface area contributed by atoms with Crippen molar-refractivity contribution in [2.75, 3.05) is 25.5 Å². The third kappa shape index (κ3) is 3.61. The van der Waals surface area contributed by atoms with Crippen LogP contribution in [-0.4, -0.2) is 36.8 Å². The van der Waals surface area contributed by atoms with Gasteiger partial charge in [0.15, 0.2) is 0 Å². The molecule has 2 N–H and O–H groups in total. The summed E-state index contributed by atoms with van der Waals surface area (Å²) in [4.78, 5) is 2.42. The van der Waals surface area contributed by atoms with Gasteiger partial charge in [0.1, 0.15) is 5.75 Å². The van der Waals surface area contributed by atoms with Crippen molar-refractivity contribution in [3.05, 3.63) is 23.8 Å². The summed E-state index contributed by atoms with van der Waals surface area (Å²) < 4.78 is 11.3. The van der Waals surface area contributed by atoms with Crippen LogP contribution >= 0.6 is 0 Å². The molecule has 1 aromatic rings. The minimum absolute atomic E-state index is 0.285. The van der Waals surface area contributed by atoms with E-state index < -0.39 is 0 Å². The average molecular weight is 264 g/mol. The number of anilines is 1. The molecule has 0 aromatic heterocycles. The van der Waals surface area contributed by atoms with Gasteiger partial charge in [-0.25, -0.2) is 0 Å². The van der Waals surface area contributed by atoms with Gasteiger partial charge in [-0.05, 0) is 39.0 Å². The highest BCUT2D eigenvalue weighted by Gasteiger charge is 2.24. The van der Waals surface area contributed by atoms with Gasteiger partial charge in [0.05, 0.1) is 19.3 Å². The summed E-state index contributed by atoms with van der Waals surface area (Å²) in [5, 5.41) is 0. The van der Waals surface area contributed by atoms with Gasteiger partial charge in [-0.3, -0.25) is 4.90 Å². The lowest BCUT2D eigenvalue weighted by Crippen LogP contribution is -2.46. The van der Waals surface area contributed by atoms with Crippen LogP contribution in [0.5, 0.6) is 5.75 Å². The van der Waals surface area contributed by atoms with E-state index in [0.29, 0.717) is 12.6 Å². The predicted octanol–water partition coefficient (Wildman–Crippen LogP) is 2.28. The third-order valence-corrected chi connectivity index (χ3v) is 3.49. The first-order valence-corrected chi connectivity index (χ1v) is 6.97. The Bertz CT molecular complexity index is 423. The van der Waals surface area contributed by atoms with Gasteiger partial charge in [0.2, 0.25) is 0 Å². The van der Waals surface area contributed by atoms with Crippen molar-refractivity contribution in [3.63, 3.8) is 0 Å². The number of benzene rings is 1. The Labute approximate surface area is 115 Å². The van der Waals surface area contributed by atoms with Crippen molar-refractivity contribution in [3.8, 4) is 5.75 Å². The topological polar surface area (TPSA) is 47.7 Å². The Morgan fingerprint density at radius 1 is 1.42 bits per heavy atom. The zero-order valence-electron chi connectivity index (χ0n) is 12.1. The molecule has 106 valence electrons. The number of nitrogens with zero attached hydrogens (tertiary/aromatic N) is 1. The van der Waals surface area contributed by atoms with E-state index in [1.165, 1.54) is 0 Å². The molecule has 0 bridgehead atoms. The van der Waals surface area contributed by atoms with Gasteiger partial charge in [-0.15, -0.1) is 0 Å². The van der Waals surface area contributed by atoms with Crippen LogP contribution in [0, 0.1) is 0 Å². The van der Waals surface area contributed by atoms with Gasteiger partial charge in [-0.2, -0.15) is 0 Å². The van der Waals surface area contributed by atoms with E-state index in [2.05, 4.69) is 18.7 Å². The van der Waals surface area contributed by atoms with Crippen LogP contribution in [0.4, 0.5) is 5.69 Å². The molecule has 4 heteroatoms. The molecule has 0 saturated carbocycles. The molecule has 1 aliphatic heterocycles. The lowest BCUT2D eigenvalue weighted by Gasteiger charge is -2.37. The molecular formula is C15H24N2O2. The quantitative estimate of drug-likeness (QED) is 0.848. The lowest BCUT2D eigenvalue weighted by atomic mass is 10.1. The Morgan fingerprint density at radius 2 is 2.21 bits per heavy atom. The molecule has 1 aliphatic rings. The van der Waals surface area contributed by atoms with E-state index >= 15 is 0 Å². The fourth-order valence-electron chi connectivity index (χ4n) is 2.43. The Morgan fingerprint density at radius 3 is 2.95 bits per heavy atom. The molecule has 0 aliphatic carbocycles. The van der Waals surface area contributed by atoms with Gasteiger partial charge in [0, 0.05) is 30.4 Å². The van der Waals surface area contributed by atoms with Crippen molar-refractivity contribution in [1.82, 2.24) is 4.90 Å². The minimum atomic E-state index is 0.285. The zero-order chi connectivity index (χ0) is 13.8. The predicted molar refractivity (Wildman–Crippen MR) is 77.3 cm³/mol. The van der Waals surface area contributed by atoms with Crippen LogP contribution in [0.15, 0.2) is 18.2 Å². The SMILES string of the molecule is CCOc1ccc(N)cc1CN1CC(C)OCC1C. The number of ether oxygens (including phenoxy) is 2. The number of rotatable bonds is 4. The van der Waals surface area contributed by atoms with E-state index in [0.717, 1.165) is 36.7 Å². The molecule has 2 unspecified atom stereocenters. The normalized spacial score (nSPS) is 24.4. The lowest BCUT2D eigenvalue weighted by molar-refractivity contribution is -0.0528. The van der Waals surface area contributed by atoms with Crippen molar-refractivity contribution < 1.29 is 9.47 Å². The van der Waals surface area contributed by atoms with Crippen LogP contribution < -0.4 is 10.5 Å². The molecule has 1 heterocycles. The van der Waals surface area contributed by atoms with Crippen molar-refractivity contribution >= 4 is 5.69 Å². The van der Waals surface area contributed by atoms with Crippen LogP contribution in [0.1, 0.15) is 26.3 Å². The standard InChI is InChI=1S/C15H24N2O2/c1-4-18-15-6-5-14(16)7-13(15)9-17-8-12(3)19-10-11(17)2/h5-7,11-12H,4,8-10,16H2,1-3H3. The second-order valence-electron chi connectivity index (χ2n) is 5.22. The van der Waals surface area contributed by atoms with Gasteiger partial charge in [-0.1, -0.05) is 0 Å². The molecule has 1 saturated heterocycles. The third-order valence-electron chi connectivity index (χ3n) is 3.49. The summed E-state index contributed by atoms with van der Waals surface area (Å²) in [5.41, 5.74) is 7.83. The zero-order valence-corrected chi connectivity index (χ0v) is 12.1. The van der Waals surface area contributed by atoms with E-state index in [1.54, 1.807) is 0 Å². The summed E-state index contributed by atoms with van der Waals surface area (Å²) in [6, 6.07) is 6.28. The molecule has 2 rings (SSSR count). The summed E-state index contributed by atoms with van der Waals surface area (Å²) in [6.45, 7) is 9.57. The second-order valence-corrected chi connectivity index (χ2v) is 5.22. The molecule has 0 amide bonds. The minimum Gasteiger partial charge on any atom is -0.494 e. The van der Waals surface area contributed by atoms with E-state index in [9.17, 15) is 0 Å².